The highest BCUT2D eigenvalue weighted by atomic mass is 79.9. The summed E-state index contributed by atoms with van der Waals surface area (Å²) in [5.74, 6) is 0.717. The fourth-order valence-corrected chi connectivity index (χ4v) is 2.81. The molecule has 1 aromatic heterocycles. The van der Waals surface area contributed by atoms with Crippen molar-refractivity contribution in [2.45, 2.75) is 18.7 Å². The predicted octanol–water partition coefficient (Wildman–Crippen LogP) is 2.31. The minimum atomic E-state index is -1.14. The zero-order valence-corrected chi connectivity index (χ0v) is 14.2. The van der Waals surface area contributed by atoms with Crippen molar-refractivity contribution in [3.63, 3.8) is 0 Å². The van der Waals surface area contributed by atoms with Gasteiger partial charge in [0.2, 0.25) is 5.72 Å². The average Bonchev–Trinajstić information content (AvgIpc) is 2.85. The molecule has 3 rings (SSSR count). The molecule has 8 heteroatoms. The molecule has 1 aromatic carbocycles. The number of benzene rings is 1. The van der Waals surface area contributed by atoms with Crippen molar-refractivity contribution >= 4 is 22.9 Å². The number of aromatic nitrogens is 2. The highest BCUT2D eigenvalue weighted by Gasteiger charge is 2.50. The van der Waals surface area contributed by atoms with Crippen molar-refractivity contribution in [3.8, 4) is 0 Å². The van der Waals surface area contributed by atoms with Gasteiger partial charge in [0, 0.05) is 23.1 Å². The van der Waals surface area contributed by atoms with Gasteiger partial charge in [-0.3, -0.25) is 0 Å². The summed E-state index contributed by atoms with van der Waals surface area (Å²) in [5.41, 5.74) is 8.06. The molecule has 1 aliphatic rings. The van der Waals surface area contributed by atoms with Crippen LogP contribution >= 0.6 is 17.0 Å². The normalized spacial score (nSPS) is 18.7. The van der Waals surface area contributed by atoms with Crippen molar-refractivity contribution in [1.29, 1.82) is 0 Å². The molecule has 0 fully saturated rings. The van der Waals surface area contributed by atoms with Crippen LogP contribution in [0.2, 0.25) is 0 Å². The lowest BCUT2D eigenvalue weighted by Gasteiger charge is -2.28. The standard InChI is InChI=1S/C15H17N6O.BrH/c16-19-18-9-5-11-21-14-17-8-4-10-20(14)12-15(21,22)13-6-2-1-3-7-13;/h1-4,6-8,10,22H,5,9,11-12H2;1H/q+1;. The van der Waals surface area contributed by atoms with Gasteiger partial charge >= 0.3 is 5.95 Å². The molecule has 1 N–H and O–H groups in total. The van der Waals surface area contributed by atoms with Gasteiger partial charge in [0.05, 0.1) is 12.7 Å². The van der Waals surface area contributed by atoms with Crippen LogP contribution in [-0.4, -0.2) is 23.2 Å². The lowest BCUT2D eigenvalue weighted by Crippen LogP contribution is -2.46. The van der Waals surface area contributed by atoms with Gasteiger partial charge in [-0.15, -0.1) is 17.0 Å². The Morgan fingerprint density at radius 1 is 1.35 bits per heavy atom. The zero-order chi connectivity index (χ0) is 15.4. The third-order valence-corrected chi connectivity index (χ3v) is 3.82. The van der Waals surface area contributed by atoms with Crippen LogP contribution in [0, 0.1) is 0 Å². The van der Waals surface area contributed by atoms with Crippen LogP contribution in [0.3, 0.4) is 0 Å². The Balaban J connectivity index is 0.00000192. The molecule has 2 aromatic rings. The Morgan fingerprint density at radius 2 is 2.13 bits per heavy atom. The maximum absolute atomic E-state index is 11.3. The second-order valence-electron chi connectivity index (χ2n) is 5.19. The van der Waals surface area contributed by atoms with Crippen molar-refractivity contribution in [3.05, 3.63) is 64.8 Å². The van der Waals surface area contributed by atoms with E-state index >= 15 is 0 Å². The molecule has 120 valence electrons. The van der Waals surface area contributed by atoms with Crippen LogP contribution < -0.4 is 9.47 Å². The molecular formula is C15H18BrN6O+. The largest absolute Gasteiger partial charge is 0.396 e. The summed E-state index contributed by atoms with van der Waals surface area (Å²) in [5, 5.41) is 14.8. The van der Waals surface area contributed by atoms with Crippen molar-refractivity contribution in [1.82, 2.24) is 4.98 Å². The van der Waals surface area contributed by atoms with E-state index in [2.05, 4.69) is 15.0 Å². The average molecular weight is 378 g/mol. The van der Waals surface area contributed by atoms with E-state index in [0.29, 0.717) is 26.1 Å². The number of fused-ring (bicyclic) bond motifs is 1. The highest BCUT2D eigenvalue weighted by molar-refractivity contribution is 8.93. The van der Waals surface area contributed by atoms with Crippen LogP contribution in [-0.2, 0) is 12.3 Å². The number of hydrogen-bond donors (Lipinski definition) is 1. The predicted molar refractivity (Wildman–Crippen MR) is 91.1 cm³/mol. The number of anilines is 1. The highest BCUT2D eigenvalue weighted by Crippen LogP contribution is 2.33. The Labute approximate surface area is 144 Å². The van der Waals surface area contributed by atoms with Gasteiger partial charge in [0.15, 0.2) is 0 Å². The van der Waals surface area contributed by atoms with Crippen LogP contribution in [0.25, 0.3) is 10.4 Å². The molecule has 0 radical (unpaired) electrons. The number of halogens is 1. The second kappa shape index (κ2) is 7.41. The van der Waals surface area contributed by atoms with Crippen LogP contribution in [0.1, 0.15) is 12.0 Å². The topological polar surface area (TPSA) is 89.0 Å². The Kier molecular flexibility index (Phi) is 5.54. The quantitative estimate of drug-likeness (QED) is 0.285. The van der Waals surface area contributed by atoms with E-state index in [1.165, 1.54) is 0 Å². The first-order chi connectivity index (χ1) is 10.8. The van der Waals surface area contributed by atoms with Crippen molar-refractivity contribution in [2.24, 2.45) is 5.11 Å². The van der Waals surface area contributed by atoms with Gasteiger partial charge in [0.1, 0.15) is 12.7 Å². The maximum atomic E-state index is 11.3. The van der Waals surface area contributed by atoms with E-state index in [1.54, 1.807) is 6.20 Å². The van der Waals surface area contributed by atoms with Gasteiger partial charge < -0.3 is 5.11 Å². The van der Waals surface area contributed by atoms with Crippen molar-refractivity contribution in [2.75, 3.05) is 18.0 Å². The Morgan fingerprint density at radius 3 is 2.87 bits per heavy atom. The zero-order valence-electron chi connectivity index (χ0n) is 12.5. The van der Waals surface area contributed by atoms with E-state index in [-0.39, 0.29) is 17.0 Å². The molecule has 0 amide bonds. The van der Waals surface area contributed by atoms with Gasteiger partial charge in [-0.1, -0.05) is 40.4 Å². The van der Waals surface area contributed by atoms with Crippen molar-refractivity contribution < 1.29 is 9.67 Å². The third-order valence-electron chi connectivity index (χ3n) is 3.82. The number of rotatable bonds is 5. The molecular weight excluding hydrogens is 360 g/mol. The van der Waals surface area contributed by atoms with E-state index in [4.69, 9.17) is 5.53 Å². The summed E-state index contributed by atoms with van der Waals surface area (Å²) in [6, 6.07) is 11.4. The Hall–Kier alpha value is -2.15. The van der Waals surface area contributed by atoms with E-state index in [1.807, 2.05) is 52.1 Å². The molecule has 2 heterocycles. The fourth-order valence-electron chi connectivity index (χ4n) is 2.81. The maximum Gasteiger partial charge on any atom is 0.396 e. The second-order valence-corrected chi connectivity index (χ2v) is 5.19. The van der Waals surface area contributed by atoms with Crippen LogP contribution in [0.15, 0.2) is 53.9 Å². The summed E-state index contributed by atoms with van der Waals surface area (Å²) in [7, 11) is 0. The number of aliphatic hydroxyl groups is 1. The number of azide groups is 1. The molecule has 0 spiro atoms. The van der Waals surface area contributed by atoms with Crippen LogP contribution in [0.5, 0.6) is 0 Å². The molecule has 1 atom stereocenters. The summed E-state index contributed by atoms with van der Waals surface area (Å²) in [6.07, 6.45) is 4.27. The van der Waals surface area contributed by atoms with Gasteiger partial charge in [-0.25, -0.2) is 9.47 Å². The van der Waals surface area contributed by atoms with Gasteiger partial charge in [-0.05, 0) is 12.0 Å². The minimum Gasteiger partial charge on any atom is -0.353 e. The minimum absolute atomic E-state index is 0. The monoisotopic (exact) mass is 377 g/mol. The van der Waals surface area contributed by atoms with Gasteiger partial charge in [-0.2, -0.15) is 0 Å². The summed E-state index contributed by atoms with van der Waals surface area (Å²) >= 11 is 0. The first-order valence-electron chi connectivity index (χ1n) is 7.16. The van der Waals surface area contributed by atoms with E-state index in [0.717, 1.165) is 11.5 Å². The van der Waals surface area contributed by atoms with Crippen LogP contribution in [0.4, 0.5) is 5.95 Å². The molecule has 0 saturated carbocycles. The fraction of sp³-hybridized carbons (Fsp3) is 0.333. The summed E-state index contributed by atoms with van der Waals surface area (Å²) < 4.78 is 1.93. The molecule has 0 saturated heterocycles. The van der Waals surface area contributed by atoms with Gasteiger partial charge in [0.25, 0.3) is 0 Å². The molecule has 23 heavy (non-hydrogen) atoms. The van der Waals surface area contributed by atoms with E-state index < -0.39 is 5.72 Å². The molecule has 7 nitrogen and oxygen atoms in total. The third kappa shape index (κ3) is 3.29. The molecule has 0 aliphatic carbocycles. The lowest BCUT2D eigenvalue weighted by molar-refractivity contribution is -0.685. The molecule has 1 aliphatic heterocycles. The summed E-state index contributed by atoms with van der Waals surface area (Å²) in [6.45, 7) is 1.37. The molecule has 0 bridgehead atoms. The number of hydrogen-bond acceptors (Lipinski definition) is 4. The summed E-state index contributed by atoms with van der Waals surface area (Å²) in [4.78, 5) is 9.02. The van der Waals surface area contributed by atoms with E-state index in [9.17, 15) is 5.11 Å². The smallest absolute Gasteiger partial charge is 0.353 e. The number of nitrogens with zero attached hydrogens (tertiary/aromatic N) is 6. The molecule has 1 unspecified atom stereocenters. The first-order valence-corrected chi connectivity index (χ1v) is 7.16. The SMILES string of the molecule is Br.[N-]=[N+]=NCCCN1c2nccc[n+]2CC1(O)c1ccccc1. The Bertz CT molecular complexity index is 706. The first kappa shape index (κ1) is 17.2. The lowest BCUT2D eigenvalue weighted by atomic mass is 10.0.